The lowest BCUT2D eigenvalue weighted by Gasteiger charge is -2.44. The van der Waals surface area contributed by atoms with Crippen LogP contribution in [-0.4, -0.2) is 13.2 Å². The monoisotopic (exact) mass is 242 g/mol. The van der Waals surface area contributed by atoms with Gasteiger partial charge < -0.3 is 4.74 Å². The first-order valence-corrected chi connectivity index (χ1v) is 7.22. The summed E-state index contributed by atoms with van der Waals surface area (Å²) in [6.07, 6.45) is 3.56. The smallest absolute Gasteiger partial charge is 0.0525 e. The van der Waals surface area contributed by atoms with Gasteiger partial charge in [-0.25, -0.2) is 0 Å². The summed E-state index contributed by atoms with van der Waals surface area (Å²) in [7, 11) is 0. The number of rotatable bonds is 8. The van der Waals surface area contributed by atoms with Crippen molar-refractivity contribution in [2.24, 2.45) is 16.2 Å². The molecule has 0 aromatic carbocycles. The Kier molecular flexibility index (Phi) is 6.21. The molecule has 0 fully saturated rings. The molecule has 0 bridgehead atoms. The summed E-state index contributed by atoms with van der Waals surface area (Å²) in [6.45, 7) is 20.2. The second kappa shape index (κ2) is 6.22. The van der Waals surface area contributed by atoms with E-state index in [9.17, 15) is 0 Å². The Balaban J connectivity index is 4.42. The van der Waals surface area contributed by atoms with Crippen LogP contribution in [0.15, 0.2) is 0 Å². The van der Waals surface area contributed by atoms with E-state index in [4.69, 9.17) is 4.74 Å². The molecule has 0 aliphatic carbocycles. The lowest BCUT2D eigenvalue weighted by Crippen LogP contribution is -2.39. The summed E-state index contributed by atoms with van der Waals surface area (Å²) in [5.41, 5.74) is 0.939. The van der Waals surface area contributed by atoms with Crippen molar-refractivity contribution in [2.45, 2.75) is 74.7 Å². The lowest BCUT2D eigenvalue weighted by atomic mass is 9.64. The van der Waals surface area contributed by atoms with Gasteiger partial charge in [0, 0.05) is 0 Å². The highest BCUT2D eigenvalue weighted by Gasteiger charge is 2.38. The van der Waals surface area contributed by atoms with Crippen LogP contribution in [0.1, 0.15) is 74.7 Å². The number of hydrogen-bond acceptors (Lipinski definition) is 1. The Morgan fingerprint density at radius 3 is 1.59 bits per heavy atom. The number of ether oxygens (including phenoxy) is 1. The van der Waals surface area contributed by atoms with E-state index < -0.39 is 0 Å². The van der Waals surface area contributed by atoms with Crippen LogP contribution in [0.2, 0.25) is 0 Å². The van der Waals surface area contributed by atoms with Crippen LogP contribution in [0.4, 0.5) is 0 Å². The summed E-state index contributed by atoms with van der Waals surface area (Å²) in [5, 5.41) is 0. The summed E-state index contributed by atoms with van der Waals surface area (Å²) in [4.78, 5) is 0. The lowest BCUT2D eigenvalue weighted by molar-refractivity contribution is -0.0482. The van der Waals surface area contributed by atoms with Gasteiger partial charge in [0.25, 0.3) is 0 Å². The summed E-state index contributed by atoms with van der Waals surface area (Å²) < 4.78 is 6.03. The van der Waals surface area contributed by atoms with E-state index in [2.05, 4.69) is 55.4 Å². The van der Waals surface area contributed by atoms with Gasteiger partial charge >= 0.3 is 0 Å². The molecule has 0 aromatic heterocycles. The first-order chi connectivity index (χ1) is 7.64. The van der Waals surface area contributed by atoms with Gasteiger partial charge in [0.05, 0.1) is 13.2 Å². The van der Waals surface area contributed by atoms with Crippen LogP contribution in [-0.2, 0) is 4.74 Å². The minimum atomic E-state index is 0.283. The Labute approximate surface area is 109 Å². The first kappa shape index (κ1) is 17.0. The maximum Gasteiger partial charge on any atom is 0.0525 e. The second-order valence-electron chi connectivity index (χ2n) is 7.16. The highest BCUT2D eigenvalue weighted by Crippen LogP contribution is 2.44. The SMILES string of the molecule is CCC(C)(C)COCC(C)(CC)C(C)(C)CC. The molecule has 0 saturated heterocycles. The van der Waals surface area contributed by atoms with Crippen molar-refractivity contribution in [2.75, 3.05) is 13.2 Å². The third-order valence-electron chi connectivity index (χ3n) is 5.17. The standard InChI is InChI=1S/C16H34O/c1-9-14(4,5)12-17-13-16(8,11-3)15(6,7)10-2/h9-13H2,1-8H3. The Morgan fingerprint density at radius 2 is 1.24 bits per heavy atom. The van der Waals surface area contributed by atoms with Crippen LogP contribution in [0.25, 0.3) is 0 Å². The van der Waals surface area contributed by atoms with Gasteiger partial charge in [-0.1, -0.05) is 61.8 Å². The first-order valence-electron chi connectivity index (χ1n) is 7.22. The quantitative estimate of drug-likeness (QED) is 0.562. The molecular weight excluding hydrogens is 208 g/mol. The molecule has 0 aromatic rings. The van der Waals surface area contributed by atoms with Crippen LogP contribution >= 0.6 is 0 Å². The fraction of sp³-hybridized carbons (Fsp3) is 1.00. The topological polar surface area (TPSA) is 9.23 Å². The van der Waals surface area contributed by atoms with E-state index in [-0.39, 0.29) is 5.41 Å². The largest absolute Gasteiger partial charge is 0.380 e. The van der Waals surface area contributed by atoms with Crippen molar-refractivity contribution >= 4 is 0 Å². The van der Waals surface area contributed by atoms with E-state index in [1.54, 1.807) is 0 Å². The second-order valence-corrected chi connectivity index (χ2v) is 7.16. The van der Waals surface area contributed by atoms with Gasteiger partial charge in [-0.2, -0.15) is 0 Å². The molecule has 0 saturated carbocycles. The van der Waals surface area contributed by atoms with Crippen LogP contribution in [0.5, 0.6) is 0 Å². The van der Waals surface area contributed by atoms with Crippen molar-refractivity contribution in [3.8, 4) is 0 Å². The van der Waals surface area contributed by atoms with E-state index >= 15 is 0 Å². The molecule has 0 aliphatic heterocycles. The highest BCUT2D eigenvalue weighted by molar-refractivity contribution is 4.87. The molecule has 0 rings (SSSR count). The average Bonchev–Trinajstić information content (AvgIpc) is 2.28. The highest BCUT2D eigenvalue weighted by atomic mass is 16.5. The van der Waals surface area contributed by atoms with E-state index in [1.807, 2.05) is 0 Å². The minimum Gasteiger partial charge on any atom is -0.380 e. The maximum absolute atomic E-state index is 6.03. The van der Waals surface area contributed by atoms with Crippen LogP contribution in [0, 0.1) is 16.2 Å². The Morgan fingerprint density at radius 1 is 0.706 bits per heavy atom. The van der Waals surface area contributed by atoms with Crippen molar-refractivity contribution < 1.29 is 4.74 Å². The zero-order valence-electron chi connectivity index (χ0n) is 13.4. The van der Waals surface area contributed by atoms with E-state index in [0.29, 0.717) is 10.8 Å². The normalized spacial score (nSPS) is 16.9. The predicted octanol–water partition coefficient (Wildman–Crippen LogP) is 5.29. The van der Waals surface area contributed by atoms with Gasteiger partial charge in [-0.05, 0) is 29.1 Å². The van der Waals surface area contributed by atoms with E-state index in [0.717, 1.165) is 13.2 Å². The fourth-order valence-corrected chi connectivity index (χ4v) is 1.86. The minimum absolute atomic E-state index is 0.283. The molecule has 0 radical (unpaired) electrons. The molecule has 1 nitrogen and oxygen atoms in total. The van der Waals surface area contributed by atoms with Crippen molar-refractivity contribution in [1.29, 1.82) is 0 Å². The summed E-state index contributed by atoms with van der Waals surface area (Å²) >= 11 is 0. The Bertz CT molecular complexity index is 218. The van der Waals surface area contributed by atoms with Crippen molar-refractivity contribution in [3.63, 3.8) is 0 Å². The molecule has 0 amide bonds. The summed E-state index contributed by atoms with van der Waals surface area (Å²) in [6, 6.07) is 0. The third-order valence-corrected chi connectivity index (χ3v) is 5.17. The maximum atomic E-state index is 6.03. The number of hydrogen-bond donors (Lipinski definition) is 0. The van der Waals surface area contributed by atoms with E-state index in [1.165, 1.54) is 19.3 Å². The zero-order valence-corrected chi connectivity index (χ0v) is 13.4. The van der Waals surface area contributed by atoms with Gasteiger partial charge in [-0.15, -0.1) is 0 Å². The average molecular weight is 242 g/mol. The fourth-order valence-electron chi connectivity index (χ4n) is 1.86. The molecule has 104 valence electrons. The molecule has 17 heavy (non-hydrogen) atoms. The third kappa shape index (κ3) is 4.62. The zero-order chi connectivity index (χ0) is 13.7. The molecule has 1 heteroatoms. The van der Waals surface area contributed by atoms with Crippen LogP contribution < -0.4 is 0 Å². The van der Waals surface area contributed by atoms with Crippen molar-refractivity contribution in [1.82, 2.24) is 0 Å². The molecule has 0 heterocycles. The molecule has 1 atom stereocenters. The molecular formula is C16H34O. The molecule has 0 N–H and O–H groups in total. The predicted molar refractivity (Wildman–Crippen MR) is 77.4 cm³/mol. The van der Waals surface area contributed by atoms with Gasteiger partial charge in [0.1, 0.15) is 0 Å². The van der Waals surface area contributed by atoms with Gasteiger partial charge in [0.2, 0.25) is 0 Å². The van der Waals surface area contributed by atoms with Gasteiger partial charge in [0.15, 0.2) is 0 Å². The molecule has 0 spiro atoms. The Hall–Kier alpha value is -0.0400. The van der Waals surface area contributed by atoms with Gasteiger partial charge in [-0.3, -0.25) is 0 Å². The van der Waals surface area contributed by atoms with Crippen molar-refractivity contribution in [3.05, 3.63) is 0 Å². The molecule has 0 aliphatic rings. The summed E-state index contributed by atoms with van der Waals surface area (Å²) in [5.74, 6) is 0. The van der Waals surface area contributed by atoms with Crippen LogP contribution in [0.3, 0.4) is 0 Å². The molecule has 1 unspecified atom stereocenters.